The van der Waals surface area contributed by atoms with Crippen LogP contribution in [0.1, 0.15) is 5.56 Å². The van der Waals surface area contributed by atoms with E-state index in [1.807, 2.05) is 36.4 Å². The average Bonchev–Trinajstić information content (AvgIpc) is 2.56. The molecule has 0 saturated carbocycles. The van der Waals surface area contributed by atoms with Gasteiger partial charge in [-0.1, -0.05) is 30.3 Å². The van der Waals surface area contributed by atoms with Gasteiger partial charge in [0.2, 0.25) is 12.0 Å². The Morgan fingerprint density at radius 3 is 2.26 bits per heavy atom. The number of benzene rings is 2. The first kappa shape index (κ1) is 14.5. The van der Waals surface area contributed by atoms with Crippen LogP contribution in [0.2, 0.25) is 0 Å². The highest BCUT2D eigenvalue weighted by molar-refractivity contribution is 5.69. The van der Waals surface area contributed by atoms with E-state index in [9.17, 15) is 9.60 Å². The molecule has 3 aromatic rings. The molecular weight excluding hydrogens is 295 g/mol. The van der Waals surface area contributed by atoms with Gasteiger partial charge in [0.25, 0.3) is 6.20 Å². The zero-order chi connectivity index (χ0) is 16.2. The molecule has 0 saturated heterocycles. The third kappa shape index (κ3) is 3.11. The lowest BCUT2D eigenvalue weighted by molar-refractivity contribution is -0.905. The van der Waals surface area contributed by atoms with E-state index >= 15 is 0 Å². The van der Waals surface area contributed by atoms with Gasteiger partial charge in [0, 0.05) is 4.73 Å². The van der Waals surface area contributed by atoms with Crippen LogP contribution in [0.5, 0.6) is 11.5 Å². The fourth-order valence-corrected chi connectivity index (χ4v) is 2.20. The molecule has 23 heavy (non-hydrogen) atoms. The molecule has 0 atom stereocenters. The molecule has 0 aliphatic carbocycles. The molecule has 0 aliphatic rings. The number of aromatic nitrogens is 1. The highest BCUT2D eigenvalue weighted by Crippen LogP contribution is 2.27. The summed E-state index contributed by atoms with van der Waals surface area (Å²) in [5.41, 5.74) is 0.789. The smallest absolute Gasteiger partial charge is 0.259 e. The molecule has 1 heterocycles. The molecule has 0 radical (unpaired) electrons. The Hall–Kier alpha value is -3.39. The van der Waals surface area contributed by atoms with Crippen molar-refractivity contribution >= 4 is 0 Å². The Morgan fingerprint density at radius 2 is 1.61 bits per heavy atom. The van der Waals surface area contributed by atoms with Crippen molar-refractivity contribution in [2.75, 3.05) is 0 Å². The number of ether oxygens (including phenoxy) is 1. The van der Waals surface area contributed by atoms with Crippen molar-refractivity contribution in [2.24, 2.45) is 0 Å². The summed E-state index contributed by atoms with van der Waals surface area (Å²) in [5.74, 6) is 0.542. The summed E-state index contributed by atoms with van der Waals surface area (Å²) in [5, 5.41) is 18.6. The first-order chi connectivity index (χ1) is 11.2. The van der Waals surface area contributed by atoms with Gasteiger partial charge in [-0.3, -0.25) is 5.21 Å². The lowest BCUT2D eigenvalue weighted by Gasteiger charge is -2.07. The monoisotopic (exact) mass is 307 g/mol. The minimum absolute atomic E-state index is 0.118. The Bertz CT molecular complexity index is 872. The molecule has 0 spiro atoms. The minimum Gasteiger partial charge on any atom is -0.457 e. The van der Waals surface area contributed by atoms with E-state index in [1.165, 1.54) is 6.20 Å². The van der Waals surface area contributed by atoms with Crippen molar-refractivity contribution in [3.05, 3.63) is 78.4 Å². The predicted molar refractivity (Wildman–Crippen MR) is 80.4 cm³/mol. The van der Waals surface area contributed by atoms with Gasteiger partial charge in [0.15, 0.2) is 0 Å². The molecule has 0 amide bonds. The molecule has 3 rings (SSSR count). The van der Waals surface area contributed by atoms with Gasteiger partial charge in [-0.15, -0.1) is 0 Å². The van der Waals surface area contributed by atoms with Crippen molar-refractivity contribution in [3.63, 3.8) is 0 Å². The molecule has 1 N–H and O–H groups in total. The number of para-hydroxylation sites is 1. The fraction of sp³-hybridized carbons (Fsp3) is 0. The van der Waals surface area contributed by atoms with Crippen molar-refractivity contribution in [1.82, 2.24) is 0 Å². The summed E-state index contributed by atoms with van der Waals surface area (Å²) in [7, 11) is 0. The predicted octanol–water partition coefficient (Wildman–Crippen LogP) is 3.68. The van der Waals surface area contributed by atoms with Crippen molar-refractivity contribution in [2.45, 2.75) is 0 Å². The zero-order valence-corrected chi connectivity index (χ0v) is 12.0. The number of nitriles is 1. The normalized spacial score (nSPS) is 10.1. The molecule has 2 aromatic carbocycles. The Kier molecular flexibility index (Phi) is 3.89. The maximum absolute atomic E-state index is 13.7. The molecule has 5 heteroatoms. The van der Waals surface area contributed by atoms with E-state index in [4.69, 9.17) is 10.00 Å². The fourth-order valence-electron chi connectivity index (χ4n) is 2.20. The molecular formula is C18H12FN2O2+. The SMILES string of the molecule is N#Cc1c(F)c[n+](O)cc1-c1ccc(Oc2ccccc2)cc1. The third-order valence-electron chi connectivity index (χ3n) is 3.27. The summed E-state index contributed by atoms with van der Waals surface area (Å²) in [6.07, 6.45) is 2.13. The molecule has 0 unspecified atom stereocenters. The largest absolute Gasteiger partial charge is 0.457 e. The van der Waals surface area contributed by atoms with Gasteiger partial charge in [0.05, 0.1) is 5.56 Å². The van der Waals surface area contributed by atoms with E-state index in [0.717, 1.165) is 6.20 Å². The standard InChI is InChI=1S/C18H12FN2O2/c19-18-12-21(22)11-17(16(18)10-20)13-6-8-15(9-7-13)23-14-4-2-1-3-5-14/h1-9,11-12,22H/q+1. The van der Waals surface area contributed by atoms with Crippen LogP contribution in [0.15, 0.2) is 67.0 Å². The van der Waals surface area contributed by atoms with E-state index in [2.05, 4.69) is 0 Å². The van der Waals surface area contributed by atoms with Crippen molar-refractivity contribution < 1.29 is 19.1 Å². The summed E-state index contributed by atoms with van der Waals surface area (Å²) in [4.78, 5) is 0. The van der Waals surface area contributed by atoms with Gasteiger partial charge in [-0.2, -0.15) is 9.65 Å². The maximum Gasteiger partial charge on any atom is 0.259 e. The molecule has 0 bridgehead atoms. The second kappa shape index (κ2) is 6.16. The summed E-state index contributed by atoms with van der Waals surface area (Å²) in [6.45, 7) is 0. The molecule has 4 nitrogen and oxygen atoms in total. The van der Waals surface area contributed by atoms with E-state index in [1.54, 1.807) is 24.3 Å². The van der Waals surface area contributed by atoms with Gasteiger partial charge < -0.3 is 4.74 Å². The van der Waals surface area contributed by atoms with Gasteiger partial charge in [-0.05, 0) is 29.8 Å². The zero-order valence-electron chi connectivity index (χ0n) is 12.0. The number of nitrogens with zero attached hydrogens (tertiary/aromatic N) is 2. The van der Waals surface area contributed by atoms with Crippen LogP contribution in [-0.4, -0.2) is 5.21 Å². The van der Waals surface area contributed by atoms with Crippen LogP contribution in [0.4, 0.5) is 4.39 Å². The van der Waals surface area contributed by atoms with E-state index in [0.29, 0.717) is 27.4 Å². The first-order valence-corrected chi connectivity index (χ1v) is 6.85. The number of rotatable bonds is 3. The van der Waals surface area contributed by atoms with Crippen LogP contribution in [-0.2, 0) is 0 Å². The van der Waals surface area contributed by atoms with Crippen LogP contribution < -0.4 is 9.47 Å². The highest BCUT2D eigenvalue weighted by Gasteiger charge is 2.17. The molecule has 0 fully saturated rings. The number of hydrogen-bond acceptors (Lipinski definition) is 3. The topological polar surface area (TPSA) is 57.1 Å². The molecule has 0 aliphatic heterocycles. The van der Waals surface area contributed by atoms with Crippen LogP contribution in [0.25, 0.3) is 11.1 Å². The Labute approximate surface area is 132 Å². The summed E-state index contributed by atoms with van der Waals surface area (Å²) < 4.78 is 20.0. The van der Waals surface area contributed by atoms with Gasteiger partial charge >= 0.3 is 0 Å². The number of pyridine rings is 1. The second-order valence-corrected chi connectivity index (χ2v) is 4.83. The summed E-state index contributed by atoms with van der Waals surface area (Å²) in [6, 6.07) is 18.0. The minimum atomic E-state index is -0.780. The Balaban J connectivity index is 1.93. The van der Waals surface area contributed by atoms with E-state index in [-0.39, 0.29) is 5.56 Å². The van der Waals surface area contributed by atoms with Crippen LogP contribution in [0.3, 0.4) is 0 Å². The van der Waals surface area contributed by atoms with Crippen LogP contribution >= 0.6 is 0 Å². The van der Waals surface area contributed by atoms with Crippen molar-refractivity contribution in [1.29, 1.82) is 5.26 Å². The van der Waals surface area contributed by atoms with Gasteiger partial charge in [-0.25, -0.2) is 0 Å². The molecule has 112 valence electrons. The summed E-state index contributed by atoms with van der Waals surface area (Å²) >= 11 is 0. The highest BCUT2D eigenvalue weighted by atomic mass is 19.1. The lowest BCUT2D eigenvalue weighted by atomic mass is 10.0. The van der Waals surface area contributed by atoms with Crippen molar-refractivity contribution in [3.8, 4) is 28.7 Å². The molecule has 1 aromatic heterocycles. The lowest BCUT2D eigenvalue weighted by Crippen LogP contribution is -2.30. The second-order valence-electron chi connectivity index (χ2n) is 4.83. The Morgan fingerprint density at radius 1 is 0.957 bits per heavy atom. The first-order valence-electron chi connectivity index (χ1n) is 6.85. The number of hydrogen-bond donors (Lipinski definition) is 1. The van der Waals surface area contributed by atoms with Gasteiger partial charge in [0.1, 0.15) is 23.1 Å². The quantitative estimate of drug-likeness (QED) is 0.593. The van der Waals surface area contributed by atoms with Crippen LogP contribution in [0, 0.1) is 17.1 Å². The average molecular weight is 307 g/mol. The number of halogens is 1. The van der Waals surface area contributed by atoms with E-state index < -0.39 is 5.82 Å². The maximum atomic E-state index is 13.7. The third-order valence-corrected chi connectivity index (χ3v) is 3.27.